The molecule has 0 unspecified atom stereocenters. The monoisotopic (exact) mass is 192 g/mol. The minimum absolute atomic E-state index is 0.681. The lowest BCUT2D eigenvalue weighted by molar-refractivity contribution is 1.48. The zero-order valence-electron chi connectivity index (χ0n) is 8.07. The Bertz CT molecular complexity index is 487. The molecule has 2 rings (SSSR count). The van der Waals surface area contributed by atoms with Crippen LogP contribution in [0.1, 0.15) is 17.5 Å². The molecule has 0 aromatic heterocycles. The van der Waals surface area contributed by atoms with E-state index in [0.717, 1.165) is 22.3 Å². The topological polar surface area (TPSA) is 47.6 Å². The van der Waals surface area contributed by atoms with Crippen molar-refractivity contribution in [3.8, 4) is 12.1 Å². The predicted octanol–water partition coefficient (Wildman–Crippen LogP) is 2.90. The van der Waals surface area contributed by atoms with E-state index in [4.69, 9.17) is 10.5 Å². The van der Waals surface area contributed by atoms with E-state index < -0.39 is 0 Å². The molecule has 1 aromatic carbocycles. The Morgan fingerprint density at radius 2 is 1.40 bits per heavy atom. The van der Waals surface area contributed by atoms with E-state index in [9.17, 15) is 0 Å². The van der Waals surface area contributed by atoms with Crippen LogP contribution in [-0.2, 0) is 0 Å². The number of allylic oxidation sites excluding steroid dienone is 4. The van der Waals surface area contributed by atoms with Crippen LogP contribution in [0, 0.1) is 22.7 Å². The zero-order valence-corrected chi connectivity index (χ0v) is 8.07. The van der Waals surface area contributed by atoms with Crippen LogP contribution in [0.3, 0.4) is 0 Å². The summed E-state index contributed by atoms with van der Waals surface area (Å²) in [6.45, 7) is 0. The fourth-order valence-corrected chi connectivity index (χ4v) is 1.85. The fourth-order valence-electron chi connectivity index (χ4n) is 1.85. The van der Waals surface area contributed by atoms with E-state index in [-0.39, 0.29) is 0 Å². The minimum Gasteiger partial charge on any atom is -0.193 e. The van der Waals surface area contributed by atoms with Gasteiger partial charge in [0, 0.05) is 18.6 Å². The van der Waals surface area contributed by atoms with Crippen LogP contribution in [-0.4, -0.2) is 0 Å². The van der Waals surface area contributed by atoms with Gasteiger partial charge < -0.3 is 0 Å². The molecule has 0 heterocycles. The standard InChI is InChI=1S/C13H8N2/c14-7-5-10-9-11(6-8-15)13-4-2-1-3-12(10)13/h1-6H,9H2. The largest absolute Gasteiger partial charge is 0.193 e. The lowest BCUT2D eigenvalue weighted by Crippen LogP contribution is -1.78. The zero-order chi connectivity index (χ0) is 10.7. The van der Waals surface area contributed by atoms with Crippen molar-refractivity contribution in [1.82, 2.24) is 0 Å². The molecular weight excluding hydrogens is 184 g/mol. The molecule has 1 aliphatic carbocycles. The van der Waals surface area contributed by atoms with Gasteiger partial charge in [-0.2, -0.15) is 10.5 Å². The first-order valence-corrected chi connectivity index (χ1v) is 4.64. The van der Waals surface area contributed by atoms with Crippen LogP contribution >= 0.6 is 0 Å². The number of fused-ring (bicyclic) bond motifs is 1. The van der Waals surface area contributed by atoms with Crippen LogP contribution in [0.25, 0.3) is 11.1 Å². The molecule has 0 fully saturated rings. The van der Waals surface area contributed by atoms with Gasteiger partial charge >= 0.3 is 0 Å². The number of benzene rings is 1. The van der Waals surface area contributed by atoms with Crippen LogP contribution in [0.5, 0.6) is 0 Å². The van der Waals surface area contributed by atoms with Crippen LogP contribution in [0.2, 0.25) is 0 Å². The summed E-state index contributed by atoms with van der Waals surface area (Å²) < 4.78 is 0. The Morgan fingerprint density at radius 1 is 0.933 bits per heavy atom. The highest BCUT2D eigenvalue weighted by atomic mass is 14.3. The van der Waals surface area contributed by atoms with Gasteiger partial charge in [0.05, 0.1) is 12.1 Å². The first-order valence-electron chi connectivity index (χ1n) is 4.64. The summed E-state index contributed by atoms with van der Waals surface area (Å²) in [6.07, 6.45) is 3.79. The van der Waals surface area contributed by atoms with Gasteiger partial charge in [-0.15, -0.1) is 0 Å². The second-order valence-electron chi connectivity index (χ2n) is 3.32. The summed E-state index contributed by atoms with van der Waals surface area (Å²) in [7, 11) is 0. The third-order valence-electron chi connectivity index (χ3n) is 2.48. The Labute approximate surface area is 88.4 Å². The first kappa shape index (κ1) is 9.24. The van der Waals surface area contributed by atoms with Gasteiger partial charge in [0.2, 0.25) is 0 Å². The molecule has 0 radical (unpaired) electrons. The van der Waals surface area contributed by atoms with E-state index in [1.165, 1.54) is 0 Å². The third kappa shape index (κ3) is 1.54. The summed E-state index contributed by atoms with van der Waals surface area (Å²) in [5.74, 6) is 0. The summed E-state index contributed by atoms with van der Waals surface area (Å²) in [6, 6.07) is 11.9. The van der Waals surface area contributed by atoms with E-state index in [0.29, 0.717) is 6.42 Å². The van der Waals surface area contributed by atoms with Gasteiger partial charge in [-0.05, 0) is 22.3 Å². The molecular formula is C13H8N2. The van der Waals surface area contributed by atoms with Crippen LogP contribution in [0.4, 0.5) is 0 Å². The van der Waals surface area contributed by atoms with Crippen LogP contribution < -0.4 is 0 Å². The van der Waals surface area contributed by atoms with Gasteiger partial charge in [0.25, 0.3) is 0 Å². The quantitative estimate of drug-likeness (QED) is 0.593. The smallest absolute Gasteiger partial charge is 0.0915 e. The van der Waals surface area contributed by atoms with Crippen molar-refractivity contribution in [3.05, 3.63) is 47.5 Å². The SMILES string of the molecule is N#CC=C1CC(=CC#N)c2ccccc21. The highest BCUT2D eigenvalue weighted by molar-refractivity contribution is 5.93. The van der Waals surface area contributed by atoms with Gasteiger partial charge in [0.15, 0.2) is 0 Å². The van der Waals surface area contributed by atoms with Crippen molar-refractivity contribution in [2.75, 3.05) is 0 Å². The molecule has 0 amide bonds. The molecule has 1 aliphatic rings. The molecule has 0 spiro atoms. The Balaban J connectivity index is 2.61. The summed E-state index contributed by atoms with van der Waals surface area (Å²) in [5.41, 5.74) is 4.13. The van der Waals surface area contributed by atoms with Crippen molar-refractivity contribution in [2.45, 2.75) is 6.42 Å². The van der Waals surface area contributed by atoms with E-state index in [1.807, 2.05) is 36.4 Å². The lowest BCUT2D eigenvalue weighted by atomic mass is 10.1. The number of hydrogen-bond acceptors (Lipinski definition) is 2. The van der Waals surface area contributed by atoms with Crippen molar-refractivity contribution in [2.24, 2.45) is 0 Å². The Hall–Kier alpha value is -2.32. The molecule has 0 saturated carbocycles. The maximum atomic E-state index is 8.66. The van der Waals surface area contributed by atoms with Gasteiger partial charge in [-0.1, -0.05) is 24.3 Å². The van der Waals surface area contributed by atoms with Gasteiger partial charge in [-0.25, -0.2) is 0 Å². The van der Waals surface area contributed by atoms with Crippen LogP contribution in [0.15, 0.2) is 36.4 Å². The highest BCUT2D eigenvalue weighted by Crippen LogP contribution is 2.39. The predicted molar refractivity (Wildman–Crippen MR) is 58.2 cm³/mol. The summed E-state index contributed by atoms with van der Waals surface area (Å²) >= 11 is 0. The van der Waals surface area contributed by atoms with Gasteiger partial charge in [-0.3, -0.25) is 0 Å². The molecule has 0 aliphatic heterocycles. The second kappa shape index (κ2) is 3.82. The minimum atomic E-state index is 0.681. The molecule has 0 saturated heterocycles. The summed E-state index contributed by atoms with van der Waals surface area (Å²) in [4.78, 5) is 0. The average molecular weight is 192 g/mol. The second-order valence-corrected chi connectivity index (χ2v) is 3.32. The third-order valence-corrected chi connectivity index (χ3v) is 2.48. The van der Waals surface area contributed by atoms with Crippen molar-refractivity contribution in [3.63, 3.8) is 0 Å². The maximum absolute atomic E-state index is 8.66. The summed E-state index contributed by atoms with van der Waals surface area (Å²) in [5, 5.41) is 17.3. The molecule has 2 nitrogen and oxygen atoms in total. The lowest BCUT2D eigenvalue weighted by Gasteiger charge is -1.97. The molecule has 0 atom stereocenters. The highest BCUT2D eigenvalue weighted by Gasteiger charge is 2.19. The number of hydrogen-bond donors (Lipinski definition) is 0. The average Bonchev–Trinajstić information content (AvgIpc) is 2.59. The maximum Gasteiger partial charge on any atom is 0.0915 e. The van der Waals surface area contributed by atoms with E-state index >= 15 is 0 Å². The van der Waals surface area contributed by atoms with E-state index in [1.54, 1.807) is 12.2 Å². The molecule has 0 bridgehead atoms. The molecule has 70 valence electrons. The van der Waals surface area contributed by atoms with E-state index in [2.05, 4.69) is 0 Å². The molecule has 2 heteroatoms. The number of nitrogens with zero attached hydrogens (tertiary/aromatic N) is 2. The molecule has 15 heavy (non-hydrogen) atoms. The normalized spacial score (nSPS) is 18.5. The Kier molecular flexibility index (Phi) is 2.35. The number of nitriles is 2. The van der Waals surface area contributed by atoms with Crippen molar-refractivity contribution in [1.29, 1.82) is 10.5 Å². The number of rotatable bonds is 0. The van der Waals surface area contributed by atoms with Crippen molar-refractivity contribution >= 4 is 11.1 Å². The Morgan fingerprint density at radius 3 is 1.80 bits per heavy atom. The molecule has 1 aromatic rings. The first-order chi connectivity index (χ1) is 7.36. The van der Waals surface area contributed by atoms with Gasteiger partial charge in [0.1, 0.15) is 0 Å². The molecule has 0 N–H and O–H groups in total. The van der Waals surface area contributed by atoms with Crippen molar-refractivity contribution < 1.29 is 0 Å². The fraction of sp³-hybridized carbons (Fsp3) is 0.0769.